The molecule has 0 radical (unpaired) electrons. The first-order valence-electron chi connectivity index (χ1n) is 4.42. The zero-order chi connectivity index (χ0) is 12.2. The minimum absolute atomic E-state index is 0.140. The third-order valence-electron chi connectivity index (χ3n) is 1.83. The van der Waals surface area contributed by atoms with Crippen molar-refractivity contribution in [3.05, 3.63) is 28.7 Å². The molecule has 0 aromatic carbocycles. The lowest BCUT2D eigenvalue weighted by Gasteiger charge is -2.13. The first kappa shape index (κ1) is 12.8. The molecule has 0 bridgehead atoms. The highest BCUT2D eigenvalue weighted by Gasteiger charge is 2.18. The molecule has 8 heteroatoms. The maximum Gasteiger partial charge on any atom is 0.247 e. The van der Waals surface area contributed by atoms with Gasteiger partial charge in [0.25, 0.3) is 0 Å². The van der Waals surface area contributed by atoms with E-state index < -0.39 is 34.8 Å². The van der Waals surface area contributed by atoms with Crippen molar-refractivity contribution >= 4 is 10.0 Å². The van der Waals surface area contributed by atoms with Crippen LogP contribution in [0.5, 0.6) is 0 Å². The van der Waals surface area contributed by atoms with Gasteiger partial charge in [-0.1, -0.05) is 0 Å². The minimum Gasteiger partial charge on any atom is -0.395 e. The van der Waals surface area contributed by atoms with E-state index in [1.54, 1.807) is 0 Å². The summed E-state index contributed by atoms with van der Waals surface area (Å²) in [5.74, 6) is 0. The molecule has 0 unspecified atom stereocenters. The van der Waals surface area contributed by atoms with E-state index in [1.165, 1.54) is 0 Å². The van der Waals surface area contributed by atoms with E-state index >= 15 is 0 Å². The van der Waals surface area contributed by atoms with Gasteiger partial charge in [0.05, 0.1) is 24.2 Å². The molecule has 0 aliphatic rings. The van der Waals surface area contributed by atoms with Gasteiger partial charge in [-0.15, -0.1) is 0 Å². The summed E-state index contributed by atoms with van der Waals surface area (Å²) in [4.78, 5) is 12.8. The van der Waals surface area contributed by atoms with Gasteiger partial charge in [-0.25, -0.2) is 13.1 Å². The molecular formula is C8H12N2O5S. The monoisotopic (exact) mass is 248 g/mol. The Balaban J connectivity index is 2.94. The standard InChI is InChI=1S/C8H12N2O5S/c11-4-6(5-12)10-16(14,15)7-1-2-8(13)9-3-7/h1-3,6,10-12H,4-5H2,(H,9,13). The fourth-order valence-corrected chi connectivity index (χ4v) is 2.17. The van der Waals surface area contributed by atoms with Crippen LogP contribution < -0.4 is 10.3 Å². The molecule has 0 saturated carbocycles. The highest BCUT2D eigenvalue weighted by atomic mass is 32.2. The largest absolute Gasteiger partial charge is 0.395 e. The van der Waals surface area contributed by atoms with Crippen molar-refractivity contribution in [2.75, 3.05) is 13.2 Å². The van der Waals surface area contributed by atoms with Crippen LogP contribution in [-0.4, -0.2) is 42.9 Å². The normalized spacial score (nSPS) is 11.9. The van der Waals surface area contributed by atoms with Gasteiger partial charge < -0.3 is 15.2 Å². The molecule has 1 rings (SSSR count). The van der Waals surface area contributed by atoms with E-state index in [4.69, 9.17) is 10.2 Å². The summed E-state index contributed by atoms with van der Waals surface area (Å²) < 4.78 is 25.3. The first-order valence-corrected chi connectivity index (χ1v) is 5.90. The van der Waals surface area contributed by atoms with Gasteiger partial charge in [0.1, 0.15) is 0 Å². The second kappa shape index (κ2) is 5.21. The highest BCUT2D eigenvalue weighted by molar-refractivity contribution is 7.89. The fraction of sp³-hybridized carbons (Fsp3) is 0.375. The SMILES string of the molecule is O=c1ccc(S(=O)(=O)NC(CO)CO)c[nH]1. The van der Waals surface area contributed by atoms with Crippen molar-refractivity contribution in [3.8, 4) is 0 Å². The molecular weight excluding hydrogens is 236 g/mol. The molecule has 0 amide bonds. The van der Waals surface area contributed by atoms with Crippen LogP contribution in [0.3, 0.4) is 0 Å². The van der Waals surface area contributed by atoms with Crippen LogP contribution in [0, 0.1) is 0 Å². The maximum absolute atomic E-state index is 11.6. The van der Waals surface area contributed by atoms with Crippen LogP contribution in [0.25, 0.3) is 0 Å². The summed E-state index contributed by atoms with van der Waals surface area (Å²) in [5, 5.41) is 17.5. The van der Waals surface area contributed by atoms with Crippen molar-refractivity contribution in [3.63, 3.8) is 0 Å². The van der Waals surface area contributed by atoms with Crippen LogP contribution in [0.2, 0.25) is 0 Å². The molecule has 90 valence electrons. The predicted molar refractivity (Wildman–Crippen MR) is 55.3 cm³/mol. The number of rotatable bonds is 5. The third kappa shape index (κ3) is 3.14. The Kier molecular flexibility index (Phi) is 4.19. The smallest absolute Gasteiger partial charge is 0.247 e. The Labute approximate surface area is 91.8 Å². The molecule has 0 aliphatic carbocycles. The Hall–Kier alpha value is -1.22. The second-order valence-corrected chi connectivity index (χ2v) is 4.79. The molecule has 0 fully saturated rings. The average Bonchev–Trinajstić information content (AvgIpc) is 2.26. The molecule has 16 heavy (non-hydrogen) atoms. The van der Waals surface area contributed by atoms with Crippen molar-refractivity contribution in [2.24, 2.45) is 0 Å². The van der Waals surface area contributed by atoms with Crippen molar-refractivity contribution in [1.82, 2.24) is 9.71 Å². The van der Waals surface area contributed by atoms with Gasteiger partial charge in [0.2, 0.25) is 15.6 Å². The predicted octanol–water partition coefficient (Wildman–Crippen LogP) is -1.99. The van der Waals surface area contributed by atoms with Gasteiger partial charge >= 0.3 is 0 Å². The summed E-state index contributed by atoms with van der Waals surface area (Å²) in [6.07, 6.45) is 1.04. The van der Waals surface area contributed by atoms with Crippen LogP contribution in [0.1, 0.15) is 0 Å². The summed E-state index contributed by atoms with van der Waals surface area (Å²) >= 11 is 0. The van der Waals surface area contributed by atoms with Crippen LogP contribution in [0.4, 0.5) is 0 Å². The Morgan fingerprint density at radius 3 is 2.38 bits per heavy atom. The van der Waals surface area contributed by atoms with Crippen LogP contribution >= 0.6 is 0 Å². The highest BCUT2D eigenvalue weighted by Crippen LogP contribution is 2.04. The number of aromatic nitrogens is 1. The number of hydrogen-bond donors (Lipinski definition) is 4. The second-order valence-electron chi connectivity index (χ2n) is 3.07. The maximum atomic E-state index is 11.6. The number of aliphatic hydroxyl groups excluding tert-OH is 2. The fourth-order valence-electron chi connectivity index (χ4n) is 0.983. The number of pyridine rings is 1. The van der Waals surface area contributed by atoms with Gasteiger partial charge in [-0.3, -0.25) is 4.79 Å². The van der Waals surface area contributed by atoms with E-state index in [2.05, 4.69) is 9.71 Å². The lowest BCUT2D eigenvalue weighted by Crippen LogP contribution is -2.40. The summed E-state index contributed by atoms with van der Waals surface area (Å²) in [5.41, 5.74) is -0.417. The van der Waals surface area contributed by atoms with Gasteiger partial charge in [-0.05, 0) is 6.07 Å². The van der Waals surface area contributed by atoms with Gasteiger partial charge in [-0.2, -0.15) is 0 Å². The number of aromatic amines is 1. The molecule has 1 aromatic rings. The van der Waals surface area contributed by atoms with Gasteiger partial charge in [0, 0.05) is 12.3 Å². The lowest BCUT2D eigenvalue weighted by molar-refractivity contribution is 0.185. The lowest BCUT2D eigenvalue weighted by atomic mass is 10.4. The quantitative estimate of drug-likeness (QED) is 0.481. The molecule has 7 nitrogen and oxygen atoms in total. The average molecular weight is 248 g/mol. The molecule has 1 heterocycles. The summed E-state index contributed by atoms with van der Waals surface area (Å²) in [6.45, 7) is -1.03. The topological polar surface area (TPSA) is 119 Å². The van der Waals surface area contributed by atoms with E-state index in [0.717, 1.165) is 18.3 Å². The summed E-state index contributed by atoms with van der Waals surface area (Å²) in [7, 11) is -3.84. The van der Waals surface area contributed by atoms with Crippen molar-refractivity contribution < 1.29 is 18.6 Å². The zero-order valence-electron chi connectivity index (χ0n) is 8.25. The molecule has 4 N–H and O–H groups in total. The number of sulfonamides is 1. The Morgan fingerprint density at radius 2 is 1.94 bits per heavy atom. The Morgan fingerprint density at radius 1 is 1.31 bits per heavy atom. The molecule has 0 aliphatic heterocycles. The molecule has 0 atom stereocenters. The van der Waals surface area contributed by atoms with Crippen LogP contribution in [-0.2, 0) is 10.0 Å². The summed E-state index contributed by atoms with van der Waals surface area (Å²) in [6, 6.07) is 1.24. The zero-order valence-corrected chi connectivity index (χ0v) is 9.07. The minimum atomic E-state index is -3.84. The number of aliphatic hydroxyl groups is 2. The van der Waals surface area contributed by atoms with Crippen molar-refractivity contribution in [1.29, 1.82) is 0 Å². The number of hydrogen-bond acceptors (Lipinski definition) is 5. The third-order valence-corrected chi connectivity index (χ3v) is 3.35. The first-order chi connectivity index (χ1) is 7.49. The van der Waals surface area contributed by atoms with E-state index in [0.29, 0.717) is 0 Å². The van der Waals surface area contributed by atoms with Crippen LogP contribution in [0.15, 0.2) is 28.0 Å². The molecule has 0 spiro atoms. The van der Waals surface area contributed by atoms with Gasteiger partial charge in [0.15, 0.2) is 0 Å². The molecule has 1 aromatic heterocycles. The van der Waals surface area contributed by atoms with E-state index in [1.807, 2.05) is 0 Å². The Bertz CT molecular complexity index is 471. The van der Waals surface area contributed by atoms with E-state index in [-0.39, 0.29) is 4.90 Å². The van der Waals surface area contributed by atoms with E-state index in [9.17, 15) is 13.2 Å². The molecule has 0 saturated heterocycles. The number of H-pyrrole nitrogens is 1. The van der Waals surface area contributed by atoms with Crippen molar-refractivity contribution in [2.45, 2.75) is 10.9 Å². The number of nitrogens with one attached hydrogen (secondary N) is 2.